The molecule has 19 heavy (non-hydrogen) atoms. The second-order valence-electron chi connectivity index (χ2n) is 4.29. The van der Waals surface area contributed by atoms with E-state index in [0.29, 0.717) is 24.7 Å². The van der Waals surface area contributed by atoms with Crippen molar-refractivity contribution in [2.45, 2.75) is 26.7 Å². The zero-order valence-corrected chi connectivity index (χ0v) is 12.1. The number of nitrogens with zero attached hydrogens (tertiary/aromatic N) is 2. The van der Waals surface area contributed by atoms with Crippen molar-refractivity contribution in [3.05, 3.63) is 11.8 Å². The van der Waals surface area contributed by atoms with E-state index in [9.17, 15) is 8.42 Å². The van der Waals surface area contributed by atoms with Gasteiger partial charge in [0.1, 0.15) is 5.82 Å². The van der Waals surface area contributed by atoms with E-state index in [4.69, 9.17) is 5.14 Å². The van der Waals surface area contributed by atoms with Gasteiger partial charge in [0, 0.05) is 24.8 Å². The first-order chi connectivity index (χ1) is 8.90. The van der Waals surface area contributed by atoms with Crippen molar-refractivity contribution in [3.63, 3.8) is 0 Å². The number of rotatable bonds is 8. The summed E-state index contributed by atoms with van der Waals surface area (Å²) in [5.74, 6) is 1.22. The van der Waals surface area contributed by atoms with E-state index in [1.807, 2.05) is 13.0 Å². The number of aryl methyl sites for hydroxylation is 1. The standard InChI is InChI=1S/C11H21N5O2S/c1-3-5-14-11-15-9(2)8-10(16-11)13-6-4-7-19(12,17)18/h8H,3-7H2,1-2H3,(H2,12,17,18)(H2,13,14,15,16). The van der Waals surface area contributed by atoms with Gasteiger partial charge < -0.3 is 10.6 Å². The molecule has 1 heterocycles. The Kier molecular flexibility index (Phi) is 5.97. The van der Waals surface area contributed by atoms with Gasteiger partial charge in [-0.25, -0.2) is 18.5 Å². The van der Waals surface area contributed by atoms with Gasteiger partial charge in [-0.1, -0.05) is 6.92 Å². The van der Waals surface area contributed by atoms with Gasteiger partial charge in [-0.2, -0.15) is 4.98 Å². The van der Waals surface area contributed by atoms with E-state index in [2.05, 4.69) is 27.5 Å². The lowest BCUT2D eigenvalue weighted by atomic mass is 10.4. The highest BCUT2D eigenvalue weighted by atomic mass is 32.2. The summed E-state index contributed by atoms with van der Waals surface area (Å²) in [7, 11) is -3.39. The van der Waals surface area contributed by atoms with E-state index in [1.54, 1.807) is 0 Å². The van der Waals surface area contributed by atoms with E-state index < -0.39 is 10.0 Å². The third-order valence-electron chi connectivity index (χ3n) is 2.30. The molecule has 1 rings (SSSR count). The molecule has 0 saturated heterocycles. The molecule has 0 unspecified atom stereocenters. The van der Waals surface area contributed by atoms with E-state index in [0.717, 1.165) is 18.7 Å². The van der Waals surface area contributed by atoms with Crippen LogP contribution in [-0.4, -0.2) is 37.2 Å². The van der Waals surface area contributed by atoms with Gasteiger partial charge in [-0.05, 0) is 19.8 Å². The number of nitrogens with two attached hydrogens (primary N) is 1. The van der Waals surface area contributed by atoms with Gasteiger partial charge >= 0.3 is 0 Å². The third kappa shape index (κ3) is 6.92. The quantitative estimate of drug-likeness (QED) is 0.607. The lowest BCUT2D eigenvalue weighted by Crippen LogP contribution is -2.19. The van der Waals surface area contributed by atoms with Crippen molar-refractivity contribution in [3.8, 4) is 0 Å². The Balaban J connectivity index is 2.51. The van der Waals surface area contributed by atoms with Crippen molar-refractivity contribution < 1.29 is 8.42 Å². The summed E-state index contributed by atoms with van der Waals surface area (Å²) < 4.78 is 21.6. The Morgan fingerprint density at radius 1 is 1.26 bits per heavy atom. The molecule has 0 aromatic carbocycles. The smallest absolute Gasteiger partial charge is 0.224 e. The maximum Gasteiger partial charge on any atom is 0.224 e. The average molecular weight is 287 g/mol. The van der Waals surface area contributed by atoms with Crippen LogP contribution in [0.5, 0.6) is 0 Å². The van der Waals surface area contributed by atoms with Gasteiger partial charge in [0.15, 0.2) is 0 Å². The molecule has 108 valence electrons. The number of hydrogen-bond donors (Lipinski definition) is 3. The number of hydrogen-bond acceptors (Lipinski definition) is 6. The molecule has 0 aliphatic heterocycles. The zero-order valence-electron chi connectivity index (χ0n) is 11.3. The minimum atomic E-state index is -3.39. The second-order valence-corrected chi connectivity index (χ2v) is 6.03. The summed E-state index contributed by atoms with van der Waals surface area (Å²) in [6, 6.07) is 1.81. The van der Waals surface area contributed by atoms with Crippen LogP contribution < -0.4 is 15.8 Å². The van der Waals surface area contributed by atoms with Crippen LogP contribution in [0.4, 0.5) is 11.8 Å². The monoisotopic (exact) mass is 287 g/mol. The Morgan fingerprint density at radius 3 is 2.63 bits per heavy atom. The lowest BCUT2D eigenvalue weighted by Gasteiger charge is -2.09. The SMILES string of the molecule is CCCNc1nc(C)cc(NCCCS(N)(=O)=O)n1. The fraction of sp³-hybridized carbons (Fsp3) is 0.636. The Hall–Kier alpha value is -1.41. The van der Waals surface area contributed by atoms with Gasteiger partial charge in [0.05, 0.1) is 5.75 Å². The molecular weight excluding hydrogens is 266 g/mol. The maximum absolute atomic E-state index is 10.8. The van der Waals surface area contributed by atoms with Crippen LogP contribution in [0, 0.1) is 6.92 Å². The highest BCUT2D eigenvalue weighted by Gasteiger charge is 2.04. The molecule has 8 heteroatoms. The average Bonchev–Trinajstić information content (AvgIpc) is 2.30. The van der Waals surface area contributed by atoms with Crippen molar-refractivity contribution in [1.29, 1.82) is 0 Å². The summed E-state index contributed by atoms with van der Waals surface area (Å²) in [5.41, 5.74) is 0.850. The maximum atomic E-state index is 10.8. The molecule has 0 fully saturated rings. The summed E-state index contributed by atoms with van der Waals surface area (Å²) in [4.78, 5) is 8.55. The minimum Gasteiger partial charge on any atom is -0.370 e. The fourth-order valence-electron chi connectivity index (χ4n) is 1.46. The largest absolute Gasteiger partial charge is 0.370 e. The van der Waals surface area contributed by atoms with Crippen LogP contribution in [0.1, 0.15) is 25.5 Å². The zero-order chi connectivity index (χ0) is 14.3. The highest BCUT2D eigenvalue weighted by molar-refractivity contribution is 7.89. The fourth-order valence-corrected chi connectivity index (χ4v) is 2.01. The topological polar surface area (TPSA) is 110 Å². The first-order valence-electron chi connectivity index (χ1n) is 6.24. The Bertz CT molecular complexity index is 504. The van der Waals surface area contributed by atoms with Crippen molar-refractivity contribution in [1.82, 2.24) is 9.97 Å². The number of aromatic nitrogens is 2. The van der Waals surface area contributed by atoms with E-state index in [-0.39, 0.29) is 5.75 Å². The molecule has 0 aliphatic rings. The number of sulfonamides is 1. The predicted molar refractivity (Wildman–Crippen MR) is 76.6 cm³/mol. The van der Waals surface area contributed by atoms with Gasteiger partial charge in [0.25, 0.3) is 0 Å². The molecule has 4 N–H and O–H groups in total. The normalized spacial score (nSPS) is 11.3. The second kappa shape index (κ2) is 7.25. The molecule has 0 atom stereocenters. The van der Waals surface area contributed by atoms with Crippen LogP contribution in [0.3, 0.4) is 0 Å². The van der Waals surface area contributed by atoms with Crippen LogP contribution in [0.25, 0.3) is 0 Å². The molecule has 0 spiro atoms. The first kappa shape index (κ1) is 15.6. The predicted octanol–water partition coefficient (Wildman–Crippen LogP) is 0.697. The number of primary sulfonamides is 1. The minimum absolute atomic E-state index is 0.0367. The number of nitrogens with one attached hydrogen (secondary N) is 2. The van der Waals surface area contributed by atoms with Crippen molar-refractivity contribution >= 4 is 21.8 Å². The molecule has 0 radical (unpaired) electrons. The van der Waals surface area contributed by atoms with Crippen molar-refractivity contribution in [2.75, 3.05) is 29.5 Å². The van der Waals surface area contributed by atoms with Crippen LogP contribution in [-0.2, 0) is 10.0 Å². The van der Waals surface area contributed by atoms with E-state index in [1.165, 1.54) is 0 Å². The molecule has 0 bridgehead atoms. The molecule has 0 amide bonds. The van der Waals surface area contributed by atoms with Crippen LogP contribution in [0.15, 0.2) is 6.07 Å². The molecule has 1 aromatic heterocycles. The highest BCUT2D eigenvalue weighted by Crippen LogP contribution is 2.09. The summed E-state index contributed by atoms with van der Waals surface area (Å²) >= 11 is 0. The van der Waals surface area contributed by atoms with Crippen LogP contribution >= 0.6 is 0 Å². The Labute approximate surface area is 114 Å². The molecule has 0 saturated carbocycles. The summed E-state index contributed by atoms with van der Waals surface area (Å²) in [5, 5.41) is 11.1. The lowest BCUT2D eigenvalue weighted by molar-refractivity contribution is 0.595. The van der Waals surface area contributed by atoms with Gasteiger partial charge in [0.2, 0.25) is 16.0 Å². The Morgan fingerprint density at radius 2 is 2.00 bits per heavy atom. The van der Waals surface area contributed by atoms with Gasteiger partial charge in [-0.15, -0.1) is 0 Å². The van der Waals surface area contributed by atoms with E-state index >= 15 is 0 Å². The summed E-state index contributed by atoms with van der Waals surface area (Å²) in [6.45, 7) is 5.26. The molecule has 7 nitrogen and oxygen atoms in total. The number of anilines is 2. The molecular formula is C11H21N5O2S. The summed E-state index contributed by atoms with van der Waals surface area (Å²) in [6.07, 6.45) is 1.44. The molecule has 1 aromatic rings. The molecule has 0 aliphatic carbocycles. The first-order valence-corrected chi connectivity index (χ1v) is 7.96. The van der Waals surface area contributed by atoms with Crippen molar-refractivity contribution in [2.24, 2.45) is 5.14 Å². The van der Waals surface area contributed by atoms with Gasteiger partial charge in [-0.3, -0.25) is 0 Å². The third-order valence-corrected chi connectivity index (χ3v) is 3.16. The van der Waals surface area contributed by atoms with Crippen LogP contribution in [0.2, 0.25) is 0 Å².